The van der Waals surface area contributed by atoms with E-state index in [0.29, 0.717) is 41.9 Å². The minimum absolute atomic E-state index is 0.237. The first-order valence-electron chi connectivity index (χ1n) is 12.6. The SMILES string of the molecule is CCC(C)c1ccc(Oc2ccc3nc(COc4ccc(CC5SC(=O)NC5=O)cc4)n(C)c3c2)c(N)c1. The molecular formula is C29H30N4O4S. The number of nitrogen functional groups attached to an aromatic ring is 1. The first kappa shape index (κ1) is 25.7. The number of rotatable bonds is 9. The topological polar surface area (TPSA) is 108 Å². The summed E-state index contributed by atoms with van der Waals surface area (Å²) < 4.78 is 14.1. The number of imidazole rings is 1. The van der Waals surface area contributed by atoms with Gasteiger partial charge in [0, 0.05) is 13.1 Å². The zero-order valence-electron chi connectivity index (χ0n) is 21.6. The van der Waals surface area contributed by atoms with E-state index in [0.717, 1.165) is 40.6 Å². The highest BCUT2D eigenvalue weighted by Gasteiger charge is 2.31. The van der Waals surface area contributed by atoms with Crippen molar-refractivity contribution in [1.82, 2.24) is 14.9 Å². The number of aryl methyl sites for hydroxylation is 1. The largest absolute Gasteiger partial charge is 0.486 e. The van der Waals surface area contributed by atoms with Crippen molar-refractivity contribution < 1.29 is 19.1 Å². The van der Waals surface area contributed by atoms with E-state index in [9.17, 15) is 9.59 Å². The first-order chi connectivity index (χ1) is 18.3. The van der Waals surface area contributed by atoms with Crippen LogP contribution in [0.4, 0.5) is 10.5 Å². The number of amides is 2. The van der Waals surface area contributed by atoms with Gasteiger partial charge in [-0.05, 0) is 66.3 Å². The number of anilines is 1. The molecule has 0 aliphatic carbocycles. The molecule has 4 aromatic rings. The zero-order valence-corrected chi connectivity index (χ0v) is 22.4. The lowest BCUT2D eigenvalue weighted by Gasteiger charge is -2.13. The smallest absolute Gasteiger partial charge is 0.286 e. The molecule has 2 atom stereocenters. The minimum atomic E-state index is -0.385. The number of carbonyl (C=O) groups is 2. The lowest BCUT2D eigenvalue weighted by Crippen LogP contribution is -2.25. The fourth-order valence-corrected chi connectivity index (χ4v) is 5.21. The molecule has 8 nitrogen and oxygen atoms in total. The number of aromatic nitrogens is 2. The fourth-order valence-electron chi connectivity index (χ4n) is 4.35. The number of imide groups is 1. The van der Waals surface area contributed by atoms with Crippen LogP contribution < -0.4 is 20.5 Å². The number of hydrogen-bond acceptors (Lipinski definition) is 7. The summed E-state index contributed by atoms with van der Waals surface area (Å²) in [5.41, 5.74) is 10.8. The van der Waals surface area contributed by atoms with Crippen LogP contribution >= 0.6 is 11.8 Å². The summed E-state index contributed by atoms with van der Waals surface area (Å²) in [5, 5.41) is 1.64. The maximum atomic E-state index is 11.8. The van der Waals surface area contributed by atoms with E-state index in [-0.39, 0.29) is 16.4 Å². The van der Waals surface area contributed by atoms with Gasteiger partial charge in [0.25, 0.3) is 5.24 Å². The van der Waals surface area contributed by atoms with Crippen molar-refractivity contribution in [3.05, 3.63) is 77.6 Å². The summed E-state index contributed by atoms with van der Waals surface area (Å²) in [7, 11) is 1.95. The van der Waals surface area contributed by atoms with Crippen molar-refractivity contribution in [2.75, 3.05) is 5.73 Å². The zero-order chi connectivity index (χ0) is 26.8. The molecule has 0 saturated carbocycles. The maximum absolute atomic E-state index is 11.8. The fraction of sp³-hybridized carbons (Fsp3) is 0.276. The van der Waals surface area contributed by atoms with E-state index in [2.05, 4.69) is 25.2 Å². The molecule has 3 N–H and O–H groups in total. The predicted molar refractivity (Wildman–Crippen MR) is 150 cm³/mol. The summed E-state index contributed by atoms with van der Waals surface area (Å²) >= 11 is 1.03. The van der Waals surface area contributed by atoms with Crippen molar-refractivity contribution in [3.8, 4) is 17.2 Å². The third-order valence-corrected chi connectivity index (χ3v) is 7.85. The van der Waals surface area contributed by atoms with Gasteiger partial charge < -0.3 is 19.8 Å². The van der Waals surface area contributed by atoms with E-state index in [1.165, 1.54) is 5.56 Å². The summed E-state index contributed by atoms with van der Waals surface area (Å²) in [4.78, 5) is 27.9. The molecule has 196 valence electrons. The Hall–Kier alpha value is -3.98. The van der Waals surface area contributed by atoms with Crippen molar-refractivity contribution in [3.63, 3.8) is 0 Å². The molecule has 1 fully saturated rings. The second-order valence-corrected chi connectivity index (χ2v) is 10.6. The molecule has 2 unspecified atom stereocenters. The molecule has 1 aliphatic rings. The molecule has 3 aromatic carbocycles. The Kier molecular flexibility index (Phi) is 7.28. The van der Waals surface area contributed by atoms with Crippen molar-refractivity contribution >= 4 is 39.6 Å². The normalized spacial score (nSPS) is 16.0. The predicted octanol–water partition coefficient (Wildman–Crippen LogP) is 5.93. The molecule has 1 aliphatic heterocycles. The molecule has 0 bridgehead atoms. The van der Waals surface area contributed by atoms with Gasteiger partial charge in [-0.15, -0.1) is 0 Å². The van der Waals surface area contributed by atoms with E-state index in [4.69, 9.17) is 20.2 Å². The summed E-state index contributed by atoms with van der Waals surface area (Å²) in [6, 6.07) is 19.3. The van der Waals surface area contributed by atoms with Crippen LogP contribution in [0.15, 0.2) is 60.7 Å². The second kappa shape index (κ2) is 10.8. The molecule has 2 heterocycles. The van der Waals surface area contributed by atoms with Crippen LogP contribution in [0.3, 0.4) is 0 Å². The Morgan fingerprint density at radius 3 is 2.53 bits per heavy atom. The number of fused-ring (bicyclic) bond motifs is 1. The number of benzene rings is 3. The van der Waals surface area contributed by atoms with Gasteiger partial charge in [-0.3, -0.25) is 14.9 Å². The highest BCUT2D eigenvalue weighted by Crippen LogP contribution is 2.33. The van der Waals surface area contributed by atoms with Gasteiger partial charge in [0.05, 0.1) is 22.0 Å². The van der Waals surface area contributed by atoms with Gasteiger partial charge in [-0.25, -0.2) is 4.98 Å². The number of thioether (sulfide) groups is 1. The number of ether oxygens (including phenoxy) is 2. The molecule has 1 saturated heterocycles. The average molecular weight is 531 g/mol. The number of hydrogen-bond donors (Lipinski definition) is 2. The van der Waals surface area contributed by atoms with Crippen molar-refractivity contribution in [1.29, 1.82) is 0 Å². The second-order valence-electron chi connectivity index (χ2n) is 9.47. The number of nitrogens with zero attached hydrogens (tertiary/aromatic N) is 2. The first-order valence-corrected chi connectivity index (χ1v) is 13.4. The van der Waals surface area contributed by atoms with Gasteiger partial charge in [0.1, 0.15) is 29.7 Å². The van der Waals surface area contributed by atoms with E-state index < -0.39 is 0 Å². The Bertz CT molecular complexity index is 1500. The van der Waals surface area contributed by atoms with Crippen LogP contribution in [0.25, 0.3) is 11.0 Å². The standard InChI is InChI=1S/C29H30N4O4S/c1-4-17(2)19-7-12-25(22(30)14-19)37-21-10-11-23-24(15-21)33(3)27(31-23)16-36-20-8-5-18(6-9-20)13-26-28(34)32-29(35)38-26/h5-12,14-15,17,26H,4,13,16,30H2,1-3H3,(H,32,34,35). The quantitative estimate of drug-likeness (QED) is 0.258. The van der Waals surface area contributed by atoms with Crippen molar-refractivity contribution in [2.24, 2.45) is 7.05 Å². The average Bonchev–Trinajstić information content (AvgIpc) is 3.40. The number of carbonyl (C=O) groups excluding carboxylic acids is 2. The highest BCUT2D eigenvalue weighted by molar-refractivity contribution is 8.15. The Morgan fingerprint density at radius 2 is 1.84 bits per heavy atom. The minimum Gasteiger partial charge on any atom is -0.486 e. The Labute approximate surface area is 225 Å². The Balaban J connectivity index is 1.24. The van der Waals surface area contributed by atoms with Crippen LogP contribution in [-0.2, 0) is 24.9 Å². The van der Waals surface area contributed by atoms with Crippen LogP contribution in [0, 0.1) is 0 Å². The van der Waals surface area contributed by atoms with Gasteiger partial charge >= 0.3 is 0 Å². The van der Waals surface area contributed by atoms with Gasteiger partial charge in [-0.1, -0.05) is 43.8 Å². The van der Waals surface area contributed by atoms with E-state index in [1.54, 1.807) is 0 Å². The van der Waals surface area contributed by atoms with Crippen molar-refractivity contribution in [2.45, 2.75) is 44.5 Å². The van der Waals surface area contributed by atoms with Gasteiger partial charge in [0.2, 0.25) is 5.91 Å². The molecule has 1 aromatic heterocycles. The molecule has 2 amide bonds. The van der Waals surface area contributed by atoms with Gasteiger partial charge in [0.15, 0.2) is 0 Å². The lowest BCUT2D eigenvalue weighted by molar-refractivity contribution is -0.118. The number of nitrogens with one attached hydrogen (secondary N) is 1. The third kappa shape index (κ3) is 5.47. The summed E-state index contributed by atoms with van der Waals surface area (Å²) in [6.45, 7) is 4.64. The third-order valence-electron chi connectivity index (χ3n) is 6.87. The van der Waals surface area contributed by atoms with E-state index in [1.807, 2.05) is 66.2 Å². The maximum Gasteiger partial charge on any atom is 0.286 e. The summed E-state index contributed by atoms with van der Waals surface area (Å²) in [6.07, 6.45) is 1.54. The van der Waals surface area contributed by atoms with E-state index >= 15 is 0 Å². The molecule has 5 rings (SSSR count). The summed E-state index contributed by atoms with van der Waals surface area (Å²) in [5.74, 6) is 2.99. The van der Waals surface area contributed by atoms with Crippen LogP contribution in [0.1, 0.15) is 43.1 Å². The van der Waals surface area contributed by atoms with Crippen LogP contribution in [-0.4, -0.2) is 25.9 Å². The highest BCUT2D eigenvalue weighted by atomic mass is 32.2. The van der Waals surface area contributed by atoms with Gasteiger partial charge in [-0.2, -0.15) is 0 Å². The molecule has 38 heavy (non-hydrogen) atoms. The molecule has 0 radical (unpaired) electrons. The van der Waals surface area contributed by atoms with Crippen LogP contribution in [0.5, 0.6) is 17.2 Å². The molecule has 9 heteroatoms. The number of nitrogens with two attached hydrogens (primary N) is 1. The monoisotopic (exact) mass is 530 g/mol. The molecule has 0 spiro atoms. The Morgan fingerprint density at radius 1 is 1.08 bits per heavy atom. The van der Waals surface area contributed by atoms with Crippen LogP contribution in [0.2, 0.25) is 0 Å². The lowest BCUT2D eigenvalue weighted by atomic mass is 9.98. The molecular weight excluding hydrogens is 500 g/mol.